The molecule has 1 amide bonds. The van der Waals surface area contributed by atoms with Crippen LogP contribution in [0.1, 0.15) is 32.0 Å². The van der Waals surface area contributed by atoms with Crippen molar-refractivity contribution in [2.24, 2.45) is 0 Å². The van der Waals surface area contributed by atoms with Gasteiger partial charge in [-0.15, -0.1) is 0 Å². The van der Waals surface area contributed by atoms with Crippen LogP contribution < -0.4 is 10.6 Å². The van der Waals surface area contributed by atoms with Gasteiger partial charge in [0.25, 0.3) is 5.91 Å². The molecular weight excluding hydrogens is 354 g/mol. The number of amides is 1. The zero-order chi connectivity index (χ0) is 20.1. The SMILES string of the molecule is COC(=O)c1cccc(Nc2ccc(C(=O)Nc3cc(C)ccc3C)nc2)c1. The number of carbonyl (C=O) groups is 2. The first kappa shape index (κ1) is 19.1. The third-order valence-electron chi connectivity index (χ3n) is 4.21. The molecule has 2 N–H and O–H groups in total. The van der Waals surface area contributed by atoms with E-state index in [0.29, 0.717) is 16.9 Å². The number of hydrogen-bond acceptors (Lipinski definition) is 5. The average molecular weight is 375 g/mol. The van der Waals surface area contributed by atoms with Crippen molar-refractivity contribution in [3.63, 3.8) is 0 Å². The van der Waals surface area contributed by atoms with Gasteiger partial charge in [0.15, 0.2) is 0 Å². The van der Waals surface area contributed by atoms with Crippen molar-refractivity contribution in [3.05, 3.63) is 83.2 Å². The van der Waals surface area contributed by atoms with Gasteiger partial charge in [-0.2, -0.15) is 0 Å². The van der Waals surface area contributed by atoms with Crippen LogP contribution in [0.2, 0.25) is 0 Å². The van der Waals surface area contributed by atoms with Crippen molar-refractivity contribution < 1.29 is 14.3 Å². The van der Waals surface area contributed by atoms with Gasteiger partial charge < -0.3 is 15.4 Å². The van der Waals surface area contributed by atoms with Gasteiger partial charge in [0.2, 0.25) is 0 Å². The standard InChI is InChI=1S/C22H21N3O3/c1-14-7-8-15(2)20(11-14)25-21(26)19-10-9-18(13-23-19)24-17-6-4-5-16(12-17)22(27)28-3/h4-13,24H,1-3H3,(H,25,26). The van der Waals surface area contributed by atoms with E-state index in [2.05, 4.69) is 15.6 Å². The highest BCUT2D eigenvalue weighted by Gasteiger charge is 2.10. The van der Waals surface area contributed by atoms with Crippen molar-refractivity contribution in [1.29, 1.82) is 0 Å². The maximum atomic E-state index is 12.5. The molecule has 6 nitrogen and oxygen atoms in total. The highest BCUT2D eigenvalue weighted by Crippen LogP contribution is 2.19. The molecule has 6 heteroatoms. The number of methoxy groups -OCH3 is 1. The molecule has 0 aliphatic heterocycles. The van der Waals surface area contributed by atoms with Gasteiger partial charge in [0.05, 0.1) is 24.6 Å². The molecule has 0 saturated heterocycles. The molecule has 1 aromatic heterocycles. The van der Waals surface area contributed by atoms with E-state index in [1.54, 1.807) is 36.5 Å². The number of nitrogens with zero attached hydrogens (tertiary/aromatic N) is 1. The molecule has 3 aromatic rings. The van der Waals surface area contributed by atoms with Crippen LogP contribution in [0, 0.1) is 13.8 Å². The van der Waals surface area contributed by atoms with E-state index in [1.807, 2.05) is 38.1 Å². The minimum Gasteiger partial charge on any atom is -0.465 e. The van der Waals surface area contributed by atoms with Crippen LogP contribution >= 0.6 is 0 Å². The lowest BCUT2D eigenvalue weighted by molar-refractivity contribution is 0.0600. The lowest BCUT2D eigenvalue weighted by Gasteiger charge is -2.10. The molecule has 0 bridgehead atoms. The minimum absolute atomic E-state index is 0.270. The fourth-order valence-electron chi connectivity index (χ4n) is 2.67. The number of pyridine rings is 1. The Bertz CT molecular complexity index is 1010. The lowest BCUT2D eigenvalue weighted by Crippen LogP contribution is -2.14. The molecule has 2 aromatic carbocycles. The highest BCUT2D eigenvalue weighted by atomic mass is 16.5. The third-order valence-corrected chi connectivity index (χ3v) is 4.21. The summed E-state index contributed by atoms with van der Waals surface area (Å²) >= 11 is 0. The van der Waals surface area contributed by atoms with Crippen molar-refractivity contribution >= 4 is 28.9 Å². The Morgan fingerprint density at radius 1 is 0.964 bits per heavy atom. The molecule has 0 radical (unpaired) electrons. The number of nitrogens with one attached hydrogen (secondary N) is 2. The molecule has 0 aliphatic rings. The first-order chi connectivity index (χ1) is 13.5. The van der Waals surface area contributed by atoms with Gasteiger partial charge in [-0.05, 0) is 61.4 Å². The Labute approximate surface area is 163 Å². The van der Waals surface area contributed by atoms with Crippen molar-refractivity contribution in [1.82, 2.24) is 4.98 Å². The number of esters is 1. The number of ether oxygens (including phenoxy) is 1. The van der Waals surface area contributed by atoms with Crippen LogP contribution in [0.15, 0.2) is 60.8 Å². The van der Waals surface area contributed by atoms with Crippen LogP contribution in [0.4, 0.5) is 17.1 Å². The maximum absolute atomic E-state index is 12.5. The van der Waals surface area contributed by atoms with Gasteiger partial charge >= 0.3 is 5.97 Å². The van der Waals surface area contributed by atoms with Crippen molar-refractivity contribution in [2.45, 2.75) is 13.8 Å². The second kappa shape index (κ2) is 8.35. The third kappa shape index (κ3) is 4.54. The Hall–Kier alpha value is -3.67. The number of anilines is 3. The first-order valence-corrected chi connectivity index (χ1v) is 8.76. The number of rotatable bonds is 5. The fraction of sp³-hybridized carbons (Fsp3) is 0.136. The number of aromatic nitrogens is 1. The Balaban J connectivity index is 1.70. The molecule has 0 fully saturated rings. The zero-order valence-corrected chi connectivity index (χ0v) is 15.9. The molecule has 0 atom stereocenters. The van der Waals surface area contributed by atoms with Crippen LogP contribution in [0.25, 0.3) is 0 Å². The Morgan fingerprint density at radius 2 is 1.79 bits per heavy atom. The first-order valence-electron chi connectivity index (χ1n) is 8.76. The summed E-state index contributed by atoms with van der Waals surface area (Å²) in [6.07, 6.45) is 1.57. The van der Waals surface area contributed by atoms with Crippen LogP contribution in [-0.4, -0.2) is 24.0 Å². The minimum atomic E-state index is -0.403. The summed E-state index contributed by atoms with van der Waals surface area (Å²) in [4.78, 5) is 28.3. The summed E-state index contributed by atoms with van der Waals surface area (Å²) < 4.78 is 4.72. The lowest BCUT2D eigenvalue weighted by atomic mass is 10.1. The maximum Gasteiger partial charge on any atom is 0.337 e. The Kier molecular flexibility index (Phi) is 5.69. The van der Waals surface area contributed by atoms with E-state index < -0.39 is 5.97 Å². The second-order valence-corrected chi connectivity index (χ2v) is 6.40. The van der Waals surface area contributed by atoms with E-state index in [-0.39, 0.29) is 5.91 Å². The normalized spacial score (nSPS) is 10.2. The molecular formula is C22H21N3O3. The van der Waals surface area contributed by atoms with E-state index in [1.165, 1.54) is 7.11 Å². The summed E-state index contributed by atoms with van der Waals surface area (Å²) in [6.45, 7) is 3.92. The smallest absolute Gasteiger partial charge is 0.337 e. The van der Waals surface area contributed by atoms with Crippen LogP contribution in [0.3, 0.4) is 0 Å². The van der Waals surface area contributed by atoms with Crippen LogP contribution in [-0.2, 0) is 4.74 Å². The van der Waals surface area contributed by atoms with Gasteiger partial charge in [-0.25, -0.2) is 9.78 Å². The number of aryl methyl sites for hydroxylation is 2. The second-order valence-electron chi connectivity index (χ2n) is 6.40. The summed E-state index contributed by atoms with van der Waals surface area (Å²) in [5.74, 6) is -0.673. The molecule has 1 heterocycles. The van der Waals surface area contributed by atoms with E-state index in [9.17, 15) is 9.59 Å². The van der Waals surface area contributed by atoms with Crippen LogP contribution in [0.5, 0.6) is 0 Å². The summed E-state index contributed by atoms with van der Waals surface area (Å²) in [6, 6.07) is 16.2. The quantitative estimate of drug-likeness (QED) is 0.643. The van der Waals surface area contributed by atoms with Gasteiger partial charge in [-0.1, -0.05) is 18.2 Å². The molecule has 0 spiro atoms. The van der Waals surface area contributed by atoms with Crippen molar-refractivity contribution in [2.75, 3.05) is 17.7 Å². The van der Waals surface area contributed by atoms with Gasteiger partial charge in [0, 0.05) is 11.4 Å². The summed E-state index contributed by atoms with van der Waals surface area (Å²) in [5, 5.41) is 6.04. The molecule has 0 saturated carbocycles. The van der Waals surface area contributed by atoms with E-state index in [0.717, 1.165) is 22.5 Å². The highest BCUT2D eigenvalue weighted by molar-refractivity contribution is 6.03. The summed E-state index contributed by atoms with van der Waals surface area (Å²) in [7, 11) is 1.34. The van der Waals surface area contributed by atoms with Gasteiger partial charge in [0.1, 0.15) is 5.69 Å². The average Bonchev–Trinajstić information content (AvgIpc) is 2.71. The van der Waals surface area contributed by atoms with Crippen molar-refractivity contribution in [3.8, 4) is 0 Å². The topological polar surface area (TPSA) is 80.3 Å². The molecule has 28 heavy (non-hydrogen) atoms. The molecule has 0 unspecified atom stereocenters. The largest absolute Gasteiger partial charge is 0.465 e. The fourth-order valence-corrected chi connectivity index (χ4v) is 2.67. The zero-order valence-electron chi connectivity index (χ0n) is 15.9. The molecule has 142 valence electrons. The van der Waals surface area contributed by atoms with Gasteiger partial charge in [-0.3, -0.25) is 4.79 Å². The summed E-state index contributed by atoms with van der Waals surface area (Å²) in [5.41, 5.74) is 5.02. The predicted molar refractivity (Wildman–Crippen MR) is 109 cm³/mol. The van der Waals surface area contributed by atoms with E-state index >= 15 is 0 Å². The number of benzene rings is 2. The number of carbonyl (C=O) groups excluding carboxylic acids is 2. The monoisotopic (exact) mass is 375 g/mol. The Morgan fingerprint density at radius 3 is 2.50 bits per heavy atom. The number of hydrogen-bond donors (Lipinski definition) is 2. The van der Waals surface area contributed by atoms with E-state index in [4.69, 9.17) is 4.74 Å². The molecule has 0 aliphatic carbocycles. The molecule has 3 rings (SSSR count). The predicted octanol–water partition coefficient (Wildman–Crippen LogP) is 4.48.